The van der Waals surface area contributed by atoms with E-state index in [0.29, 0.717) is 0 Å². The predicted octanol–water partition coefficient (Wildman–Crippen LogP) is 3.58. The topological polar surface area (TPSA) is 44.5 Å². The molecule has 0 fully saturated rings. The van der Waals surface area contributed by atoms with E-state index in [4.69, 9.17) is 15.2 Å². The Hall–Kier alpha value is -1.81. The SMILES string of the molecule is COc1ccc(CSc2cc(OC)ccc2N)cc1. The number of hydrogen-bond donors (Lipinski definition) is 1. The van der Waals surface area contributed by atoms with Crippen LogP contribution < -0.4 is 15.2 Å². The van der Waals surface area contributed by atoms with Crippen LogP contribution in [0.2, 0.25) is 0 Å². The van der Waals surface area contributed by atoms with Crippen molar-refractivity contribution in [2.45, 2.75) is 10.6 Å². The minimum atomic E-state index is 0.777. The first kappa shape index (κ1) is 13.6. The maximum absolute atomic E-state index is 5.96. The van der Waals surface area contributed by atoms with Gasteiger partial charge in [0.2, 0.25) is 0 Å². The first-order valence-electron chi connectivity index (χ1n) is 5.92. The number of hydrogen-bond acceptors (Lipinski definition) is 4. The summed E-state index contributed by atoms with van der Waals surface area (Å²) in [6, 6.07) is 13.7. The van der Waals surface area contributed by atoms with Crippen LogP contribution in [-0.2, 0) is 5.75 Å². The molecule has 4 heteroatoms. The molecule has 0 spiro atoms. The maximum Gasteiger partial charge on any atom is 0.120 e. The van der Waals surface area contributed by atoms with Crippen molar-refractivity contribution in [2.24, 2.45) is 0 Å². The summed E-state index contributed by atoms with van der Waals surface area (Å²) in [7, 11) is 3.32. The molecule has 0 heterocycles. The van der Waals surface area contributed by atoms with Crippen LogP contribution in [0.25, 0.3) is 0 Å². The number of rotatable bonds is 5. The molecule has 2 aromatic carbocycles. The quantitative estimate of drug-likeness (QED) is 0.669. The summed E-state index contributed by atoms with van der Waals surface area (Å²) in [5.41, 5.74) is 7.96. The Balaban J connectivity index is 2.05. The number of ether oxygens (including phenoxy) is 2. The van der Waals surface area contributed by atoms with Gasteiger partial charge in [-0.05, 0) is 35.9 Å². The highest BCUT2D eigenvalue weighted by Crippen LogP contribution is 2.31. The van der Waals surface area contributed by atoms with Crippen molar-refractivity contribution in [2.75, 3.05) is 20.0 Å². The van der Waals surface area contributed by atoms with Crippen LogP contribution in [0, 0.1) is 0 Å². The molecule has 2 aromatic rings. The number of nitrogens with two attached hydrogens (primary N) is 1. The zero-order valence-corrected chi connectivity index (χ0v) is 11.9. The van der Waals surface area contributed by atoms with E-state index in [2.05, 4.69) is 12.1 Å². The van der Waals surface area contributed by atoms with Gasteiger partial charge in [-0.3, -0.25) is 0 Å². The van der Waals surface area contributed by atoms with Crippen LogP contribution in [0.1, 0.15) is 5.56 Å². The fraction of sp³-hybridized carbons (Fsp3) is 0.200. The monoisotopic (exact) mass is 275 g/mol. The van der Waals surface area contributed by atoms with E-state index >= 15 is 0 Å². The van der Waals surface area contributed by atoms with Gasteiger partial charge in [-0.2, -0.15) is 0 Å². The van der Waals surface area contributed by atoms with Crippen LogP contribution >= 0.6 is 11.8 Å². The van der Waals surface area contributed by atoms with E-state index in [9.17, 15) is 0 Å². The van der Waals surface area contributed by atoms with Crippen LogP contribution in [-0.4, -0.2) is 14.2 Å². The average Bonchev–Trinajstić information content (AvgIpc) is 2.47. The molecule has 0 saturated heterocycles. The van der Waals surface area contributed by atoms with Gasteiger partial charge in [0.25, 0.3) is 0 Å². The van der Waals surface area contributed by atoms with Gasteiger partial charge in [0.1, 0.15) is 11.5 Å². The Bertz CT molecular complexity index is 540. The number of benzene rings is 2. The molecule has 0 unspecified atom stereocenters. The Kier molecular flexibility index (Phi) is 4.58. The first-order chi connectivity index (χ1) is 9.22. The number of nitrogen functional groups attached to an aromatic ring is 1. The molecule has 0 atom stereocenters. The number of anilines is 1. The Labute approximate surface area is 117 Å². The van der Waals surface area contributed by atoms with E-state index in [1.54, 1.807) is 26.0 Å². The van der Waals surface area contributed by atoms with Crippen molar-refractivity contribution in [3.63, 3.8) is 0 Å². The molecule has 0 aliphatic rings. The first-order valence-corrected chi connectivity index (χ1v) is 6.90. The standard InChI is InChI=1S/C15H17NO2S/c1-17-12-5-3-11(4-6-12)10-19-15-9-13(18-2)7-8-14(15)16/h3-9H,10,16H2,1-2H3. The summed E-state index contributed by atoms with van der Waals surface area (Å²) in [6.45, 7) is 0. The summed E-state index contributed by atoms with van der Waals surface area (Å²) >= 11 is 1.70. The Morgan fingerprint density at radius 1 is 0.947 bits per heavy atom. The summed E-state index contributed by atoms with van der Waals surface area (Å²) in [4.78, 5) is 1.04. The van der Waals surface area contributed by atoms with Crippen LogP contribution in [0.4, 0.5) is 5.69 Å². The van der Waals surface area contributed by atoms with Crippen molar-refractivity contribution in [1.82, 2.24) is 0 Å². The molecule has 0 amide bonds. The second kappa shape index (κ2) is 6.38. The van der Waals surface area contributed by atoms with Gasteiger partial charge in [0.15, 0.2) is 0 Å². The lowest BCUT2D eigenvalue weighted by atomic mass is 10.2. The minimum absolute atomic E-state index is 0.777. The minimum Gasteiger partial charge on any atom is -0.497 e. The molecule has 0 aliphatic carbocycles. The molecule has 0 bridgehead atoms. The van der Waals surface area contributed by atoms with Gasteiger partial charge in [-0.25, -0.2) is 0 Å². The second-order valence-electron chi connectivity index (χ2n) is 4.04. The van der Waals surface area contributed by atoms with E-state index < -0.39 is 0 Å². The summed E-state index contributed by atoms with van der Waals surface area (Å²) < 4.78 is 10.3. The van der Waals surface area contributed by atoms with Crippen LogP contribution in [0.15, 0.2) is 47.4 Å². The third-order valence-electron chi connectivity index (χ3n) is 2.77. The largest absolute Gasteiger partial charge is 0.497 e. The van der Waals surface area contributed by atoms with Crippen molar-refractivity contribution in [3.8, 4) is 11.5 Å². The van der Waals surface area contributed by atoms with Gasteiger partial charge in [0.05, 0.1) is 14.2 Å². The highest BCUT2D eigenvalue weighted by Gasteiger charge is 2.03. The lowest BCUT2D eigenvalue weighted by Crippen LogP contribution is -1.91. The van der Waals surface area contributed by atoms with Crippen LogP contribution in [0.5, 0.6) is 11.5 Å². The molecule has 100 valence electrons. The number of thioether (sulfide) groups is 1. The van der Waals surface area contributed by atoms with Gasteiger partial charge in [-0.1, -0.05) is 12.1 Å². The normalized spacial score (nSPS) is 10.2. The number of methoxy groups -OCH3 is 2. The Morgan fingerprint density at radius 2 is 1.58 bits per heavy atom. The average molecular weight is 275 g/mol. The van der Waals surface area contributed by atoms with E-state index in [-0.39, 0.29) is 0 Å². The fourth-order valence-corrected chi connectivity index (χ4v) is 2.60. The van der Waals surface area contributed by atoms with Crippen molar-refractivity contribution in [1.29, 1.82) is 0 Å². The zero-order valence-electron chi connectivity index (χ0n) is 11.1. The smallest absolute Gasteiger partial charge is 0.120 e. The fourth-order valence-electron chi connectivity index (χ4n) is 1.65. The molecule has 2 N–H and O–H groups in total. The maximum atomic E-state index is 5.96. The van der Waals surface area contributed by atoms with Crippen molar-refractivity contribution in [3.05, 3.63) is 48.0 Å². The van der Waals surface area contributed by atoms with Crippen LogP contribution in [0.3, 0.4) is 0 Å². The van der Waals surface area contributed by atoms with Gasteiger partial charge < -0.3 is 15.2 Å². The van der Waals surface area contributed by atoms with E-state index in [1.807, 2.05) is 30.3 Å². The Morgan fingerprint density at radius 3 is 2.21 bits per heavy atom. The predicted molar refractivity (Wildman–Crippen MR) is 80.0 cm³/mol. The summed E-state index contributed by atoms with van der Waals surface area (Å²) in [5, 5.41) is 0. The lowest BCUT2D eigenvalue weighted by Gasteiger charge is -2.08. The van der Waals surface area contributed by atoms with E-state index in [0.717, 1.165) is 27.8 Å². The lowest BCUT2D eigenvalue weighted by molar-refractivity contribution is 0.414. The second-order valence-corrected chi connectivity index (χ2v) is 5.06. The van der Waals surface area contributed by atoms with Crippen molar-refractivity contribution < 1.29 is 9.47 Å². The van der Waals surface area contributed by atoms with E-state index in [1.165, 1.54) is 5.56 Å². The highest BCUT2D eigenvalue weighted by molar-refractivity contribution is 7.98. The third-order valence-corrected chi connectivity index (χ3v) is 3.92. The third kappa shape index (κ3) is 3.58. The molecule has 0 saturated carbocycles. The molecular formula is C15H17NO2S. The van der Waals surface area contributed by atoms with Gasteiger partial charge in [-0.15, -0.1) is 11.8 Å². The van der Waals surface area contributed by atoms with Crippen molar-refractivity contribution >= 4 is 17.4 Å². The van der Waals surface area contributed by atoms with Gasteiger partial charge in [0, 0.05) is 16.3 Å². The molecular weight excluding hydrogens is 258 g/mol. The van der Waals surface area contributed by atoms with Gasteiger partial charge >= 0.3 is 0 Å². The molecule has 0 aromatic heterocycles. The molecule has 0 aliphatic heterocycles. The molecule has 0 radical (unpaired) electrons. The molecule has 19 heavy (non-hydrogen) atoms. The summed E-state index contributed by atoms with van der Waals surface area (Å²) in [5.74, 6) is 2.56. The zero-order chi connectivity index (χ0) is 13.7. The summed E-state index contributed by atoms with van der Waals surface area (Å²) in [6.07, 6.45) is 0. The highest BCUT2D eigenvalue weighted by atomic mass is 32.2. The molecule has 3 nitrogen and oxygen atoms in total. The molecule has 2 rings (SSSR count).